The summed E-state index contributed by atoms with van der Waals surface area (Å²) in [5, 5.41) is 2.52. The molecule has 0 aliphatic heterocycles. The maximum Gasteiger partial charge on any atom is 1.00 e. The van der Waals surface area contributed by atoms with Gasteiger partial charge in [0.1, 0.15) is 0 Å². The minimum Gasteiger partial charge on any atom is -0.870 e. The van der Waals surface area contributed by atoms with Crippen LogP contribution in [0, 0.1) is 13.8 Å². The molecule has 0 spiro atoms. The number of rotatable bonds is 7. The van der Waals surface area contributed by atoms with Gasteiger partial charge in [-0.2, -0.15) is 0 Å². The molecule has 0 fully saturated rings. The van der Waals surface area contributed by atoms with Crippen LogP contribution in [0.15, 0.2) is 84.9 Å². The monoisotopic (exact) mass is 584 g/mol. The quantitative estimate of drug-likeness (QED) is 0.255. The van der Waals surface area contributed by atoms with Crippen molar-refractivity contribution >= 4 is 45.4 Å². The molecule has 200 valence electrons. The second kappa shape index (κ2) is 22.0. The summed E-state index contributed by atoms with van der Waals surface area (Å²) in [6.45, 7) is 5.66. The molecule has 2 heterocycles. The summed E-state index contributed by atoms with van der Waals surface area (Å²) in [6, 6.07) is 26.5. The largest absolute Gasteiger partial charge is 1.00 e. The number of carbonyl (C=O) groups is 2. The first-order chi connectivity index (χ1) is 16.9. The van der Waals surface area contributed by atoms with Gasteiger partial charge in [-0.05, 0) is 81.2 Å². The van der Waals surface area contributed by atoms with Gasteiger partial charge < -0.3 is 22.0 Å². The normalized spacial score (nSPS) is 9.05. The molecule has 38 heavy (non-hydrogen) atoms. The average molecular weight is 585 g/mol. The summed E-state index contributed by atoms with van der Waals surface area (Å²) in [5.74, 6) is -0.00104. The number of nitrogens with one attached hydrogen (secondary N) is 1. The second-order valence-corrected chi connectivity index (χ2v) is 10.7. The molecule has 2 aromatic heterocycles. The fraction of sp³-hybridized carbons (Fsp3) is 0.214. The molecule has 4 aromatic rings. The van der Waals surface area contributed by atoms with Gasteiger partial charge in [-0.25, -0.2) is 0 Å². The SMILES string of the molecule is Cc1ccc(CCN)s1.Cc1ccc(CCNC(=O)c2ccccc2)s1.O.O=C(Cl)c1ccccc1.[Na+].[OH-]. The maximum absolute atomic E-state index is 11.7. The standard InChI is InChI=1S/C14H15NOS.C7H5ClO.C7H11NS.Na.2H2O/c1-11-7-8-13(17-11)9-10-15-14(16)12-5-3-2-4-6-12;8-7(9)6-4-2-1-3-5-6;1-6-2-3-7(9-6)4-5-8;;;/h2-8H,9-10H2,1H3,(H,15,16);1-5H;2-3H,4-5,8H2,1H3;;2*1H2/q;;;+1;;/p-1. The summed E-state index contributed by atoms with van der Waals surface area (Å²) in [7, 11) is 0. The summed E-state index contributed by atoms with van der Waals surface area (Å²) >= 11 is 8.78. The number of thiophene rings is 2. The number of hydrogen-bond donors (Lipinski definition) is 2. The maximum atomic E-state index is 11.7. The van der Waals surface area contributed by atoms with E-state index in [-0.39, 0.29) is 46.4 Å². The fourth-order valence-electron chi connectivity index (χ4n) is 2.94. The van der Waals surface area contributed by atoms with Crippen molar-refractivity contribution in [1.29, 1.82) is 0 Å². The summed E-state index contributed by atoms with van der Waals surface area (Å²) in [6.07, 6.45) is 1.93. The third kappa shape index (κ3) is 15.5. The Morgan fingerprint density at radius 1 is 0.763 bits per heavy atom. The van der Waals surface area contributed by atoms with Gasteiger partial charge in [0, 0.05) is 37.2 Å². The van der Waals surface area contributed by atoms with Gasteiger partial charge in [0.15, 0.2) is 0 Å². The van der Waals surface area contributed by atoms with Gasteiger partial charge in [-0.15, -0.1) is 22.7 Å². The van der Waals surface area contributed by atoms with E-state index in [0.29, 0.717) is 12.1 Å². The Morgan fingerprint density at radius 2 is 1.21 bits per heavy atom. The molecule has 0 bridgehead atoms. The van der Waals surface area contributed by atoms with Crippen LogP contribution in [-0.2, 0) is 12.8 Å². The second-order valence-electron chi connectivity index (χ2n) is 7.58. The Labute approximate surface area is 260 Å². The minimum absolute atomic E-state index is 0. The summed E-state index contributed by atoms with van der Waals surface area (Å²) in [5.41, 5.74) is 6.63. The van der Waals surface area contributed by atoms with Crippen LogP contribution in [-0.4, -0.2) is 35.2 Å². The number of amides is 1. The van der Waals surface area contributed by atoms with Gasteiger partial charge in [0.2, 0.25) is 0 Å². The first-order valence-electron chi connectivity index (χ1n) is 11.3. The third-order valence-electron chi connectivity index (χ3n) is 4.68. The Hall–Kier alpha value is -1.85. The van der Waals surface area contributed by atoms with E-state index in [2.05, 4.69) is 43.4 Å². The van der Waals surface area contributed by atoms with Crippen molar-refractivity contribution in [3.05, 3.63) is 116 Å². The topological polar surface area (TPSA) is 134 Å². The van der Waals surface area contributed by atoms with Gasteiger partial charge in [0.05, 0.1) is 0 Å². The van der Waals surface area contributed by atoms with Gasteiger partial charge in [0.25, 0.3) is 11.1 Å². The molecule has 0 aliphatic rings. The minimum atomic E-state index is -0.407. The smallest absolute Gasteiger partial charge is 0.870 e. The van der Waals surface area contributed by atoms with Gasteiger partial charge >= 0.3 is 29.6 Å². The zero-order valence-corrected chi connectivity index (χ0v) is 26.3. The van der Waals surface area contributed by atoms with E-state index >= 15 is 0 Å². The third-order valence-corrected chi connectivity index (χ3v) is 7.02. The number of hydrogen-bond acceptors (Lipinski definition) is 6. The molecular formula is C28H34ClN2NaO4S2. The predicted molar refractivity (Wildman–Crippen MR) is 156 cm³/mol. The van der Waals surface area contributed by atoms with Crippen LogP contribution in [0.5, 0.6) is 0 Å². The molecule has 0 atom stereocenters. The predicted octanol–water partition coefficient (Wildman–Crippen LogP) is 2.65. The molecule has 4 rings (SSSR count). The Kier molecular flexibility index (Phi) is 22.2. The van der Waals surface area contributed by atoms with Crippen LogP contribution >= 0.6 is 34.3 Å². The van der Waals surface area contributed by atoms with E-state index in [1.165, 1.54) is 19.5 Å². The van der Waals surface area contributed by atoms with E-state index < -0.39 is 5.24 Å². The van der Waals surface area contributed by atoms with E-state index in [1.807, 2.05) is 47.7 Å². The first-order valence-corrected chi connectivity index (χ1v) is 13.3. The molecule has 10 heteroatoms. The number of halogens is 1. The molecular weight excluding hydrogens is 551 g/mol. The van der Waals surface area contributed by atoms with Crippen LogP contribution in [0.1, 0.15) is 40.2 Å². The van der Waals surface area contributed by atoms with Crippen LogP contribution in [0.25, 0.3) is 0 Å². The zero-order valence-electron chi connectivity index (χ0n) is 21.9. The van der Waals surface area contributed by atoms with E-state index in [4.69, 9.17) is 17.3 Å². The van der Waals surface area contributed by atoms with Crippen LogP contribution in [0.2, 0.25) is 0 Å². The van der Waals surface area contributed by atoms with Crippen LogP contribution in [0.4, 0.5) is 0 Å². The van der Waals surface area contributed by atoms with Crippen molar-refractivity contribution < 1.29 is 50.1 Å². The van der Waals surface area contributed by atoms with Crippen LogP contribution < -0.4 is 40.6 Å². The van der Waals surface area contributed by atoms with E-state index in [1.54, 1.807) is 35.6 Å². The molecule has 1 amide bonds. The van der Waals surface area contributed by atoms with Gasteiger partial charge in [-0.1, -0.05) is 48.5 Å². The number of carbonyl (C=O) groups excluding carboxylic acids is 2. The fourth-order valence-corrected chi connectivity index (χ4v) is 4.86. The zero-order chi connectivity index (χ0) is 25.5. The summed E-state index contributed by atoms with van der Waals surface area (Å²) < 4.78 is 0. The van der Waals surface area contributed by atoms with Crippen molar-refractivity contribution in [2.75, 3.05) is 13.1 Å². The number of nitrogens with two attached hydrogens (primary N) is 1. The number of aryl methyl sites for hydroxylation is 2. The Bertz CT molecular complexity index is 1170. The van der Waals surface area contributed by atoms with Crippen molar-refractivity contribution in [2.45, 2.75) is 26.7 Å². The van der Waals surface area contributed by atoms with Crippen LogP contribution in [0.3, 0.4) is 0 Å². The van der Waals surface area contributed by atoms with Crippen molar-refractivity contribution in [2.24, 2.45) is 5.73 Å². The molecule has 0 radical (unpaired) electrons. The number of benzene rings is 2. The molecule has 6 N–H and O–H groups in total. The molecule has 0 saturated carbocycles. The summed E-state index contributed by atoms with van der Waals surface area (Å²) in [4.78, 5) is 27.5. The molecule has 2 aromatic carbocycles. The van der Waals surface area contributed by atoms with Crippen molar-refractivity contribution in [1.82, 2.24) is 5.32 Å². The Morgan fingerprint density at radius 3 is 1.58 bits per heavy atom. The van der Waals surface area contributed by atoms with E-state index in [9.17, 15) is 9.59 Å². The molecule has 0 saturated heterocycles. The van der Waals surface area contributed by atoms with Crippen molar-refractivity contribution in [3.63, 3.8) is 0 Å². The average Bonchev–Trinajstić information content (AvgIpc) is 3.48. The van der Waals surface area contributed by atoms with Crippen molar-refractivity contribution in [3.8, 4) is 0 Å². The van der Waals surface area contributed by atoms with E-state index in [0.717, 1.165) is 24.9 Å². The Balaban J connectivity index is 0. The van der Waals surface area contributed by atoms with Gasteiger partial charge in [-0.3, -0.25) is 9.59 Å². The molecule has 6 nitrogen and oxygen atoms in total. The first kappa shape index (κ1) is 38.3. The molecule has 0 unspecified atom stereocenters. The molecule has 0 aliphatic carbocycles.